The maximum Gasteiger partial charge on any atom is 0.185 e. The summed E-state index contributed by atoms with van der Waals surface area (Å²) in [4.78, 5) is 15.8. The van der Waals surface area contributed by atoms with E-state index in [2.05, 4.69) is 27.6 Å². The summed E-state index contributed by atoms with van der Waals surface area (Å²) in [5, 5.41) is 0. The van der Waals surface area contributed by atoms with Crippen molar-refractivity contribution in [3.8, 4) is 0 Å². The Labute approximate surface area is 114 Å². The zero-order chi connectivity index (χ0) is 12.1. The maximum atomic E-state index is 11.8. The number of halogens is 1. The molecule has 2 aromatic rings. The maximum absolute atomic E-state index is 11.8. The van der Waals surface area contributed by atoms with Crippen molar-refractivity contribution in [2.75, 3.05) is 0 Å². The van der Waals surface area contributed by atoms with Gasteiger partial charge in [-0.1, -0.05) is 18.2 Å². The van der Waals surface area contributed by atoms with Crippen molar-refractivity contribution >= 4 is 34.5 Å². The van der Waals surface area contributed by atoms with Crippen LogP contribution in [0, 0.1) is 3.57 Å². The third-order valence-electron chi connectivity index (χ3n) is 2.24. The zero-order valence-corrected chi connectivity index (χ0v) is 11.2. The van der Waals surface area contributed by atoms with Crippen LogP contribution in [0.3, 0.4) is 0 Å². The number of rotatable bonds is 3. The van der Waals surface area contributed by atoms with Crippen molar-refractivity contribution in [2.24, 2.45) is 0 Å². The van der Waals surface area contributed by atoms with Gasteiger partial charge < -0.3 is 0 Å². The Kier molecular flexibility index (Phi) is 4.03. The Morgan fingerprint density at radius 2 is 1.94 bits per heavy atom. The third kappa shape index (κ3) is 3.49. The first-order chi connectivity index (χ1) is 8.25. The molecule has 0 spiro atoms. The van der Waals surface area contributed by atoms with E-state index in [0.717, 1.165) is 9.13 Å². The molecule has 0 bridgehead atoms. The lowest BCUT2D eigenvalue weighted by Gasteiger charge is -1.96. The molecule has 0 unspecified atom stereocenters. The fraction of sp³-hybridized carbons (Fsp3) is 0. The van der Waals surface area contributed by atoms with Gasteiger partial charge in [-0.25, -0.2) is 0 Å². The van der Waals surface area contributed by atoms with Gasteiger partial charge in [-0.2, -0.15) is 0 Å². The summed E-state index contributed by atoms with van der Waals surface area (Å²) >= 11 is 2.21. The van der Waals surface area contributed by atoms with Crippen molar-refractivity contribution in [2.45, 2.75) is 0 Å². The molecule has 0 saturated heterocycles. The lowest BCUT2D eigenvalue weighted by molar-refractivity contribution is 0.104. The van der Waals surface area contributed by atoms with Gasteiger partial charge in [0, 0.05) is 21.5 Å². The number of hydrogen-bond donors (Lipinski definition) is 0. The topological polar surface area (TPSA) is 30.0 Å². The van der Waals surface area contributed by atoms with Crippen LogP contribution in [0.5, 0.6) is 0 Å². The van der Waals surface area contributed by atoms with Crippen molar-refractivity contribution < 1.29 is 4.79 Å². The number of nitrogens with zero attached hydrogens (tertiary/aromatic N) is 1. The van der Waals surface area contributed by atoms with Gasteiger partial charge in [0.1, 0.15) is 0 Å². The standard InChI is InChI=1S/C14H10INO/c15-13-6-4-12(5-7-13)14(17)8-3-11-2-1-9-16-10-11/h1-10H/b8-3+. The minimum Gasteiger partial charge on any atom is -0.289 e. The van der Waals surface area contributed by atoms with Gasteiger partial charge >= 0.3 is 0 Å². The fourth-order valence-corrected chi connectivity index (χ4v) is 1.72. The van der Waals surface area contributed by atoms with Crippen molar-refractivity contribution in [1.82, 2.24) is 4.98 Å². The number of carbonyl (C=O) groups is 1. The predicted octanol–water partition coefficient (Wildman–Crippen LogP) is 3.58. The first kappa shape index (κ1) is 12.0. The summed E-state index contributed by atoms with van der Waals surface area (Å²) in [6.07, 6.45) is 6.77. The molecule has 0 aliphatic carbocycles. The van der Waals surface area contributed by atoms with E-state index in [1.54, 1.807) is 24.5 Å². The molecular weight excluding hydrogens is 325 g/mol. The SMILES string of the molecule is O=C(/C=C/c1cccnc1)c1ccc(I)cc1. The van der Waals surface area contributed by atoms with Gasteiger partial charge in [-0.15, -0.1) is 0 Å². The van der Waals surface area contributed by atoms with Crippen molar-refractivity contribution in [3.05, 3.63) is 69.6 Å². The Morgan fingerprint density at radius 1 is 1.18 bits per heavy atom. The van der Waals surface area contributed by atoms with E-state index >= 15 is 0 Å². The highest BCUT2D eigenvalue weighted by Crippen LogP contribution is 2.09. The van der Waals surface area contributed by atoms with E-state index in [-0.39, 0.29) is 5.78 Å². The average molecular weight is 335 g/mol. The number of allylic oxidation sites excluding steroid dienone is 1. The summed E-state index contributed by atoms with van der Waals surface area (Å²) in [6, 6.07) is 11.3. The number of carbonyl (C=O) groups excluding carboxylic acids is 1. The van der Waals surface area contributed by atoms with E-state index in [0.29, 0.717) is 5.56 Å². The van der Waals surface area contributed by atoms with Crippen LogP contribution in [0.4, 0.5) is 0 Å². The monoisotopic (exact) mass is 335 g/mol. The molecule has 2 rings (SSSR count). The molecule has 3 heteroatoms. The minimum atomic E-state index is 0.00486. The Bertz CT molecular complexity index is 532. The van der Waals surface area contributed by atoms with Crippen LogP contribution in [0.1, 0.15) is 15.9 Å². The van der Waals surface area contributed by atoms with Crippen LogP contribution in [-0.4, -0.2) is 10.8 Å². The molecule has 0 radical (unpaired) electrons. The molecule has 0 fully saturated rings. The minimum absolute atomic E-state index is 0.00486. The molecule has 2 nitrogen and oxygen atoms in total. The molecule has 1 heterocycles. The first-order valence-electron chi connectivity index (χ1n) is 5.14. The van der Waals surface area contributed by atoms with Crippen LogP contribution in [0.25, 0.3) is 6.08 Å². The van der Waals surface area contributed by atoms with Crippen LogP contribution < -0.4 is 0 Å². The number of ketones is 1. The summed E-state index contributed by atoms with van der Waals surface area (Å²) < 4.78 is 1.12. The molecule has 0 saturated carbocycles. The number of pyridine rings is 1. The highest BCUT2D eigenvalue weighted by molar-refractivity contribution is 14.1. The quantitative estimate of drug-likeness (QED) is 0.488. The second-order valence-electron chi connectivity index (χ2n) is 3.49. The number of aromatic nitrogens is 1. The predicted molar refractivity (Wildman–Crippen MR) is 76.8 cm³/mol. The first-order valence-corrected chi connectivity index (χ1v) is 6.21. The van der Waals surface area contributed by atoms with E-state index < -0.39 is 0 Å². The van der Waals surface area contributed by atoms with Gasteiger partial charge in [0.25, 0.3) is 0 Å². The highest BCUT2D eigenvalue weighted by Gasteiger charge is 2.00. The third-order valence-corrected chi connectivity index (χ3v) is 2.96. The van der Waals surface area contributed by atoms with Gasteiger partial charge in [-0.3, -0.25) is 9.78 Å². The second-order valence-corrected chi connectivity index (χ2v) is 4.74. The molecule has 0 N–H and O–H groups in total. The Morgan fingerprint density at radius 3 is 2.59 bits per heavy atom. The average Bonchev–Trinajstić information content (AvgIpc) is 2.38. The fourth-order valence-electron chi connectivity index (χ4n) is 1.36. The highest BCUT2D eigenvalue weighted by atomic mass is 127. The molecule has 1 aromatic carbocycles. The number of hydrogen-bond acceptors (Lipinski definition) is 2. The summed E-state index contributed by atoms with van der Waals surface area (Å²) in [5.74, 6) is 0.00486. The second kappa shape index (κ2) is 5.72. The lowest BCUT2D eigenvalue weighted by Crippen LogP contribution is -1.93. The summed E-state index contributed by atoms with van der Waals surface area (Å²) in [5.41, 5.74) is 1.62. The van der Waals surface area contributed by atoms with Gasteiger partial charge in [0.2, 0.25) is 0 Å². The van der Waals surface area contributed by atoms with Crippen LogP contribution >= 0.6 is 22.6 Å². The van der Waals surface area contributed by atoms with Crippen molar-refractivity contribution in [3.63, 3.8) is 0 Å². The van der Waals surface area contributed by atoms with E-state index in [4.69, 9.17) is 0 Å². The van der Waals surface area contributed by atoms with E-state index in [1.807, 2.05) is 36.4 Å². The van der Waals surface area contributed by atoms with Gasteiger partial charge in [0.05, 0.1) is 0 Å². The molecule has 84 valence electrons. The largest absolute Gasteiger partial charge is 0.289 e. The van der Waals surface area contributed by atoms with Crippen LogP contribution in [0.2, 0.25) is 0 Å². The molecule has 17 heavy (non-hydrogen) atoms. The molecular formula is C14H10INO. The molecule has 0 amide bonds. The summed E-state index contributed by atoms with van der Waals surface area (Å²) in [7, 11) is 0. The normalized spacial score (nSPS) is 10.6. The molecule has 0 atom stereocenters. The molecule has 1 aromatic heterocycles. The summed E-state index contributed by atoms with van der Waals surface area (Å²) in [6.45, 7) is 0. The Hall–Kier alpha value is -1.49. The zero-order valence-electron chi connectivity index (χ0n) is 9.01. The van der Waals surface area contributed by atoms with Crippen LogP contribution in [-0.2, 0) is 0 Å². The molecule has 0 aliphatic heterocycles. The van der Waals surface area contributed by atoms with Crippen LogP contribution in [0.15, 0.2) is 54.9 Å². The lowest BCUT2D eigenvalue weighted by atomic mass is 10.1. The van der Waals surface area contributed by atoms with Gasteiger partial charge in [-0.05, 0) is 58.5 Å². The van der Waals surface area contributed by atoms with Crippen molar-refractivity contribution in [1.29, 1.82) is 0 Å². The molecule has 0 aliphatic rings. The van der Waals surface area contributed by atoms with Gasteiger partial charge in [0.15, 0.2) is 5.78 Å². The Balaban J connectivity index is 2.12. The van der Waals surface area contributed by atoms with E-state index in [9.17, 15) is 4.79 Å². The smallest absolute Gasteiger partial charge is 0.185 e. The van der Waals surface area contributed by atoms with E-state index in [1.165, 1.54) is 0 Å². The number of benzene rings is 1.